The number of non-ortho nitro benzene ring substituents is 2. The molecule has 2 aromatic carbocycles. The fraction of sp³-hybridized carbons (Fsp3) is 0.150. The van der Waals surface area contributed by atoms with Gasteiger partial charge in [0.15, 0.2) is 0 Å². The number of aliphatic imine (C=N–C) groups is 2. The van der Waals surface area contributed by atoms with Crippen molar-refractivity contribution in [2.24, 2.45) is 9.98 Å². The molecule has 0 atom stereocenters. The van der Waals surface area contributed by atoms with Crippen LogP contribution in [0.3, 0.4) is 0 Å². The zero-order valence-electron chi connectivity index (χ0n) is 18.5. The standard InChI is InChI=1S/C20H18N6O10/c1-21-10-11-22-19(23-12-34-36-18(28)14-4-8-16(9-5-14)26(32)33)24-20(29)35-17(27)13-2-6-15(7-3-13)25(30)31/h2-9,12,21H,10-11H2,1H3,(H,22,24,29). The molecule has 2 rings (SSSR count). The molecule has 0 bridgehead atoms. The van der Waals surface area contributed by atoms with Crippen LogP contribution in [0.5, 0.6) is 0 Å². The first-order valence-electron chi connectivity index (χ1n) is 9.82. The number of ether oxygens (including phenoxy) is 1. The van der Waals surface area contributed by atoms with Crippen molar-refractivity contribution in [3.63, 3.8) is 0 Å². The Kier molecular flexibility index (Phi) is 10.1. The van der Waals surface area contributed by atoms with Crippen LogP contribution in [0.15, 0.2) is 58.5 Å². The fourth-order valence-corrected chi connectivity index (χ4v) is 2.27. The van der Waals surface area contributed by atoms with Crippen LogP contribution in [-0.2, 0) is 14.5 Å². The van der Waals surface area contributed by atoms with Crippen molar-refractivity contribution < 1.29 is 38.7 Å². The van der Waals surface area contributed by atoms with Gasteiger partial charge in [0, 0.05) is 30.8 Å². The van der Waals surface area contributed by atoms with E-state index in [1.165, 1.54) is 0 Å². The maximum Gasteiger partial charge on any atom is 0.422 e. The lowest BCUT2D eigenvalue weighted by Crippen LogP contribution is -2.32. The van der Waals surface area contributed by atoms with Crippen LogP contribution >= 0.6 is 0 Å². The van der Waals surface area contributed by atoms with Crippen molar-refractivity contribution in [1.82, 2.24) is 10.6 Å². The summed E-state index contributed by atoms with van der Waals surface area (Å²) in [5, 5.41) is 26.2. The average Bonchev–Trinajstić information content (AvgIpc) is 2.86. The molecule has 0 aliphatic rings. The molecule has 0 unspecified atom stereocenters. The zero-order chi connectivity index (χ0) is 26.5. The summed E-state index contributed by atoms with van der Waals surface area (Å²) in [5.74, 6) is -2.43. The Balaban J connectivity index is 1.94. The third-order valence-electron chi connectivity index (χ3n) is 3.99. The third kappa shape index (κ3) is 8.60. The number of nitrogens with zero attached hydrogens (tertiary/aromatic N) is 4. The smallest absolute Gasteiger partial charge is 0.372 e. The number of likely N-dealkylation sites (N-methyl/N-ethyl adjacent to an activating group) is 1. The van der Waals surface area contributed by atoms with Crippen LogP contribution in [0.1, 0.15) is 20.7 Å². The topological polar surface area (TPSA) is 214 Å². The van der Waals surface area contributed by atoms with Gasteiger partial charge in [0.2, 0.25) is 12.4 Å². The third-order valence-corrected chi connectivity index (χ3v) is 3.99. The molecule has 16 nitrogen and oxygen atoms in total. The highest BCUT2D eigenvalue weighted by Gasteiger charge is 2.16. The number of hydrogen-bond donors (Lipinski definition) is 2. The summed E-state index contributed by atoms with van der Waals surface area (Å²) < 4.78 is 4.60. The summed E-state index contributed by atoms with van der Waals surface area (Å²) >= 11 is 0. The summed E-state index contributed by atoms with van der Waals surface area (Å²) in [4.78, 5) is 72.6. The number of carbonyl (C=O) groups is 3. The van der Waals surface area contributed by atoms with E-state index in [0.29, 0.717) is 12.9 Å². The number of benzene rings is 2. The van der Waals surface area contributed by atoms with Crippen LogP contribution in [0.25, 0.3) is 0 Å². The Hall–Kier alpha value is -5.25. The van der Waals surface area contributed by atoms with Gasteiger partial charge in [0.1, 0.15) is 0 Å². The second-order valence-electron chi connectivity index (χ2n) is 6.42. The highest BCUT2D eigenvalue weighted by atomic mass is 17.2. The predicted octanol–water partition coefficient (Wildman–Crippen LogP) is 1.76. The molecule has 0 saturated carbocycles. The minimum absolute atomic E-state index is 0.0385. The molecule has 0 saturated heterocycles. The van der Waals surface area contributed by atoms with Crippen LogP contribution < -0.4 is 10.6 Å². The number of rotatable bonds is 9. The average molecular weight is 502 g/mol. The Morgan fingerprint density at radius 2 is 1.44 bits per heavy atom. The van der Waals surface area contributed by atoms with Gasteiger partial charge in [-0.2, -0.15) is 4.99 Å². The number of carbonyl (C=O) groups excluding carboxylic acids is 3. The van der Waals surface area contributed by atoms with Gasteiger partial charge in [-0.15, -0.1) is 0 Å². The van der Waals surface area contributed by atoms with E-state index in [9.17, 15) is 34.6 Å². The largest absolute Gasteiger partial charge is 0.422 e. The summed E-state index contributed by atoms with van der Waals surface area (Å²) in [6.07, 6.45) is -0.637. The van der Waals surface area contributed by atoms with Gasteiger partial charge in [-0.25, -0.2) is 24.3 Å². The molecule has 0 radical (unpaired) electrons. The minimum atomic E-state index is -1.26. The van der Waals surface area contributed by atoms with Gasteiger partial charge in [-0.1, -0.05) is 0 Å². The molecule has 0 spiro atoms. The van der Waals surface area contributed by atoms with E-state index >= 15 is 0 Å². The number of guanidine groups is 1. The molecule has 2 aromatic rings. The van der Waals surface area contributed by atoms with Crippen molar-refractivity contribution in [1.29, 1.82) is 0 Å². The first kappa shape index (κ1) is 27.0. The van der Waals surface area contributed by atoms with Crippen molar-refractivity contribution >= 4 is 41.8 Å². The Labute approximate surface area is 201 Å². The molecular weight excluding hydrogens is 484 g/mol. The lowest BCUT2D eigenvalue weighted by Gasteiger charge is -2.06. The maximum atomic E-state index is 12.0. The summed E-state index contributed by atoms with van der Waals surface area (Å²) in [5.41, 5.74) is -0.627. The van der Waals surface area contributed by atoms with Crippen LogP contribution in [0.4, 0.5) is 16.2 Å². The summed E-state index contributed by atoms with van der Waals surface area (Å²) in [6.45, 7) is 0.537. The number of esters is 1. The van der Waals surface area contributed by atoms with Crippen LogP contribution in [-0.4, -0.2) is 60.4 Å². The molecule has 16 heteroatoms. The molecule has 0 aliphatic heterocycles. The lowest BCUT2D eigenvalue weighted by molar-refractivity contribution is -0.385. The first-order valence-corrected chi connectivity index (χ1v) is 9.82. The highest BCUT2D eigenvalue weighted by molar-refractivity contribution is 6.03. The Morgan fingerprint density at radius 1 is 0.917 bits per heavy atom. The summed E-state index contributed by atoms with van der Waals surface area (Å²) in [7, 11) is 1.66. The van der Waals surface area contributed by atoms with Crippen LogP contribution in [0, 0.1) is 20.2 Å². The molecular formula is C20H18N6O10. The molecule has 1 amide bonds. The quantitative estimate of drug-likeness (QED) is 0.0736. The molecule has 0 aromatic heterocycles. The van der Waals surface area contributed by atoms with E-state index in [4.69, 9.17) is 0 Å². The van der Waals surface area contributed by atoms with Crippen molar-refractivity contribution in [2.45, 2.75) is 0 Å². The highest BCUT2D eigenvalue weighted by Crippen LogP contribution is 2.13. The molecule has 0 fully saturated rings. The Bertz CT molecular complexity index is 1180. The molecule has 0 heterocycles. The molecule has 0 aliphatic carbocycles. The van der Waals surface area contributed by atoms with Crippen molar-refractivity contribution in [2.75, 3.05) is 20.1 Å². The van der Waals surface area contributed by atoms with Crippen molar-refractivity contribution in [3.05, 3.63) is 79.9 Å². The SMILES string of the molecule is CNCCN=C(N=COOC(=O)c1ccc([N+](=O)[O-])cc1)NC(=O)OC(=O)c1ccc([N+](=O)[O-])cc1. The van der Waals surface area contributed by atoms with E-state index in [1.807, 2.05) is 0 Å². The van der Waals surface area contributed by atoms with Crippen LogP contribution in [0.2, 0.25) is 0 Å². The normalized spacial score (nSPS) is 11.0. The number of amides is 1. The van der Waals surface area contributed by atoms with Gasteiger partial charge in [-0.05, 0) is 31.3 Å². The van der Waals surface area contributed by atoms with E-state index < -0.39 is 27.9 Å². The summed E-state index contributed by atoms with van der Waals surface area (Å²) in [6, 6.07) is 8.88. The van der Waals surface area contributed by atoms with E-state index in [2.05, 4.69) is 35.1 Å². The number of hydrogen-bond acceptors (Lipinski definition) is 12. The van der Waals surface area contributed by atoms with E-state index in [1.54, 1.807) is 7.05 Å². The van der Waals surface area contributed by atoms with Gasteiger partial charge < -0.3 is 10.1 Å². The Morgan fingerprint density at radius 3 is 1.94 bits per heavy atom. The lowest BCUT2D eigenvalue weighted by atomic mass is 10.2. The fourth-order valence-electron chi connectivity index (χ4n) is 2.27. The van der Waals surface area contributed by atoms with Gasteiger partial charge >= 0.3 is 18.0 Å². The van der Waals surface area contributed by atoms with E-state index in [0.717, 1.165) is 48.5 Å². The van der Waals surface area contributed by atoms with E-state index in [-0.39, 0.29) is 35.0 Å². The van der Waals surface area contributed by atoms with Gasteiger partial charge in [0.25, 0.3) is 11.4 Å². The second kappa shape index (κ2) is 13.5. The van der Waals surface area contributed by atoms with Gasteiger partial charge in [0.05, 0.1) is 27.5 Å². The number of alkyl carbamates (subject to hydrolysis) is 1. The molecule has 188 valence electrons. The first-order chi connectivity index (χ1) is 17.2. The second-order valence-corrected chi connectivity index (χ2v) is 6.42. The molecule has 36 heavy (non-hydrogen) atoms. The monoisotopic (exact) mass is 502 g/mol. The maximum absolute atomic E-state index is 12.0. The molecule has 2 N–H and O–H groups in total. The zero-order valence-corrected chi connectivity index (χ0v) is 18.5. The number of nitro benzene ring substituents is 2. The number of nitro groups is 2. The predicted molar refractivity (Wildman–Crippen MR) is 121 cm³/mol. The van der Waals surface area contributed by atoms with Crippen molar-refractivity contribution in [3.8, 4) is 0 Å². The van der Waals surface area contributed by atoms with Gasteiger partial charge in [-0.3, -0.25) is 30.4 Å². The number of nitrogens with one attached hydrogen (secondary N) is 2. The minimum Gasteiger partial charge on any atom is -0.372 e.